The second-order valence-electron chi connectivity index (χ2n) is 6.68. The predicted octanol–water partition coefficient (Wildman–Crippen LogP) is 1.95. The molecule has 2 rings (SSSR count). The summed E-state index contributed by atoms with van der Waals surface area (Å²) in [4.78, 5) is 0. The third-order valence-corrected chi connectivity index (χ3v) is 7.87. The van der Waals surface area contributed by atoms with E-state index in [2.05, 4.69) is 74.2 Å². The molecule has 3 heteroatoms. The van der Waals surface area contributed by atoms with Gasteiger partial charge in [-0.2, -0.15) is 0 Å². The van der Waals surface area contributed by atoms with Crippen LogP contribution >= 0.6 is 0 Å². The van der Waals surface area contributed by atoms with Gasteiger partial charge in [0.15, 0.2) is 0 Å². The van der Waals surface area contributed by atoms with Crippen molar-refractivity contribution in [1.29, 1.82) is 0 Å². The molecule has 2 aromatic carbocycles. The Hall–Kier alpha value is -1.17. The minimum atomic E-state index is -1.21. The van der Waals surface area contributed by atoms with Gasteiger partial charge in [-0.25, -0.2) is 0 Å². The number of benzene rings is 2. The third kappa shape index (κ3) is 4.16. The third-order valence-electron chi connectivity index (χ3n) is 3.55. The van der Waals surface area contributed by atoms with Gasteiger partial charge < -0.3 is 5.73 Å². The van der Waals surface area contributed by atoms with E-state index in [0.29, 0.717) is 0 Å². The van der Waals surface area contributed by atoms with E-state index in [9.17, 15) is 0 Å². The topological polar surface area (TPSA) is 26.0 Å². The van der Waals surface area contributed by atoms with Crippen molar-refractivity contribution in [3.8, 4) is 0 Å². The van der Waals surface area contributed by atoms with Crippen molar-refractivity contribution < 1.29 is 0 Å². The Bertz CT molecular complexity index is 529. The molecule has 0 heterocycles. The van der Waals surface area contributed by atoms with E-state index in [-0.39, 0.29) is 0 Å². The molecule has 0 fully saturated rings. The van der Waals surface area contributed by atoms with Crippen molar-refractivity contribution in [2.45, 2.75) is 25.7 Å². The van der Waals surface area contributed by atoms with Gasteiger partial charge in [0, 0.05) is 8.07 Å². The molecule has 0 spiro atoms. The summed E-state index contributed by atoms with van der Waals surface area (Å²) in [5.74, 6) is 0. The zero-order chi connectivity index (χ0) is 14.6. The molecule has 2 aromatic rings. The molecule has 0 bridgehead atoms. The fourth-order valence-corrected chi connectivity index (χ4v) is 6.36. The summed E-state index contributed by atoms with van der Waals surface area (Å²) in [7, 11) is -2.24. The van der Waals surface area contributed by atoms with Crippen LogP contribution in [0.1, 0.15) is 5.56 Å². The van der Waals surface area contributed by atoms with Crippen molar-refractivity contribution in [2.24, 2.45) is 5.73 Å². The van der Waals surface area contributed by atoms with Crippen LogP contribution in [-0.2, 0) is 6.04 Å². The predicted molar refractivity (Wildman–Crippen MR) is 95.4 cm³/mol. The molecular weight excluding hydrogens is 274 g/mol. The standard InChI is InChI=1S/C17H25NSi2/c1-20(2,3)13-15-9-11-17(12-10-15)19(14-18)16-7-5-4-6-8-16/h4-12,19H,13-14,18H2,1-3H3. The lowest BCUT2D eigenvalue weighted by Gasteiger charge is -2.18. The van der Waals surface area contributed by atoms with Crippen molar-refractivity contribution in [3.63, 3.8) is 0 Å². The smallest absolute Gasteiger partial charge is 0.116 e. The Labute approximate surface area is 125 Å². The second kappa shape index (κ2) is 6.52. The minimum Gasteiger partial charge on any atom is -0.333 e. The quantitative estimate of drug-likeness (QED) is 0.839. The van der Waals surface area contributed by atoms with Gasteiger partial charge in [-0.15, -0.1) is 0 Å². The Morgan fingerprint density at radius 2 is 1.40 bits per heavy atom. The highest BCUT2D eigenvalue weighted by Gasteiger charge is 2.16. The van der Waals surface area contributed by atoms with Crippen molar-refractivity contribution >= 4 is 27.2 Å². The van der Waals surface area contributed by atoms with Gasteiger partial charge in [0.1, 0.15) is 8.80 Å². The fraction of sp³-hybridized carbons (Fsp3) is 0.294. The molecule has 1 unspecified atom stereocenters. The Balaban J connectivity index is 2.20. The van der Waals surface area contributed by atoms with E-state index in [4.69, 9.17) is 5.73 Å². The first-order chi connectivity index (χ1) is 9.49. The molecule has 0 radical (unpaired) electrons. The maximum Gasteiger partial charge on any atom is 0.116 e. The summed E-state index contributed by atoms with van der Waals surface area (Å²) in [6, 6.07) is 21.3. The summed E-state index contributed by atoms with van der Waals surface area (Å²) < 4.78 is 0. The van der Waals surface area contributed by atoms with E-state index in [1.807, 2.05) is 0 Å². The molecule has 0 aliphatic heterocycles. The highest BCUT2D eigenvalue weighted by atomic mass is 28.3. The van der Waals surface area contributed by atoms with Crippen LogP contribution in [0.5, 0.6) is 0 Å². The summed E-state index contributed by atoms with van der Waals surface area (Å²) in [5.41, 5.74) is 7.52. The number of rotatable bonds is 5. The molecule has 1 nitrogen and oxygen atoms in total. The highest BCUT2D eigenvalue weighted by Crippen LogP contribution is 2.10. The molecule has 106 valence electrons. The van der Waals surface area contributed by atoms with Crippen LogP contribution in [0.3, 0.4) is 0 Å². The van der Waals surface area contributed by atoms with Gasteiger partial charge in [0.2, 0.25) is 0 Å². The van der Waals surface area contributed by atoms with Crippen LogP contribution in [0.15, 0.2) is 54.6 Å². The Morgan fingerprint density at radius 1 is 0.850 bits per heavy atom. The van der Waals surface area contributed by atoms with Gasteiger partial charge in [-0.3, -0.25) is 0 Å². The molecular formula is C17H25NSi2. The molecule has 2 N–H and O–H groups in total. The second-order valence-corrected chi connectivity index (χ2v) is 15.1. The van der Waals surface area contributed by atoms with Crippen LogP contribution in [0, 0.1) is 0 Å². The molecule has 1 atom stereocenters. The van der Waals surface area contributed by atoms with E-state index >= 15 is 0 Å². The van der Waals surface area contributed by atoms with E-state index in [1.54, 1.807) is 0 Å². The Morgan fingerprint density at radius 3 is 1.90 bits per heavy atom. The number of nitrogens with two attached hydrogens (primary N) is 1. The summed E-state index contributed by atoms with van der Waals surface area (Å²) in [6.07, 6.45) is 0.789. The fourth-order valence-electron chi connectivity index (χ4n) is 2.63. The van der Waals surface area contributed by atoms with E-state index in [0.717, 1.165) is 6.17 Å². The SMILES string of the molecule is C[Si](C)(C)Cc1ccc([SiH](CN)c2ccccc2)cc1. The van der Waals surface area contributed by atoms with Crippen molar-refractivity contribution in [2.75, 3.05) is 6.17 Å². The first-order valence-corrected chi connectivity index (χ1v) is 13.0. The van der Waals surface area contributed by atoms with Gasteiger partial charge in [-0.05, 0) is 12.2 Å². The summed E-state index contributed by atoms with van der Waals surface area (Å²) >= 11 is 0. The summed E-state index contributed by atoms with van der Waals surface area (Å²) in [5, 5.41) is 2.89. The first-order valence-electron chi connectivity index (χ1n) is 7.33. The van der Waals surface area contributed by atoms with Crippen molar-refractivity contribution in [1.82, 2.24) is 0 Å². The van der Waals surface area contributed by atoms with E-state index in [1.165, 1.54) is 22.0 Å². The molecule has 20 heavy (non-hydrogen) atoms. The van der Waals surface area contributed by atoms with Gasteiger partial charge in [-0.1, -0.05) is 90.2 Å². The average molecular weight is 300 g/mol. The lowest BCUT2D eigenvalue weighted by Crippen LogP contribution is -2.48. The Kier molecular flexibility index (Phi) is 4.97. The minimum absolute atomic E-state index is 0.789. The monoisotopic (exact) mass is 299 g/mol. The van der Waals surface area contributed by atoms with Gasteiger partial charge in [0.25, 0.3) is 0 Å². The van der Waals surface area contributed by atoms with Gasteiger partial charge in [0.05, 0.1) is 0 Å². The largest absolute Gasteiger partial charge is 0.333 e. The molecule has 0 aromatic heterocycles. The maximum atomic E-state index is 6.05. The first kappa shape index (κ1) is 15.2. The van der Waals surface area contributed by atoms with Crippen LogP contribution in [-0.4, -0.2) is 23.0 Å². The molecule has 0 saturated carbocycles. The lowest BCUT2D eigenvalue weighted by atomic mass is 10.2. The van der Waals surface area contributed by atoms with Crippen LogP contribution in [0.25, 0.3) is 0 Å². The maximum absolute atomic E-state index is 6.05. The molecule has 0 amide bonds. The summed E-state index contributed by atoms with van der Waals surface area (Å²) in [6.45, 7) is 7.26. The van der Waals surface area contributed by atoms with Crippen LogP contribution in [0.2, 0.25) is 19.6 Å². The number of hydrogen-bond acceptors (Lipinski definition) is 1. The zero-order valence-electron chi connectivity index (χ0n) is 12.8. The highest BCUT2D eigenvalue weighted by molar-refractivity contribution is 6.85. The van der Waals surface area contributed by atoms with Crippen LogP contribution in [0.4, 0.5) is 0 Å². The molecule has 0 saturated heterocycles. The van der Waals surface area contributed by atoms with E-state index < -0.39 is 16.9 Å². The normalized spacial score (nSPS) is 13.2. The van der Waals surface area contributed by atoms with Gasteiger partial charge >= 0.3 is 0 Å². The number of hydrogen-bond donors (Lipinski definition) is 1. The molecule has 0 aliphatic carbocycles. The lowest BCUT2D eigenvalue weighted by molar-refractivity contribution is 1.31. The average Bonchev–Trinajstić information content (AvgIpc) is 2.41. The van der Waals surface area contributed by atoms with Crippen molar-refractivity contribution in [3.05, 3.63) is 60.2 Å². The molecule has 0 aliphatic rings. The van der Waals surface area contributed by atoms with Crippen LogP contribution < -0.4 is 16.1 Å². The zero-order valence-corrected chi connectivity index (χ0v) is 14.9.